The zero-order valence-electron chi connectivity index (χ0n) is 15.2. The fourth-order valence-electron chi connectivity index (χ4n) is 3.10. The van der Waals surface area contributed by atoms with Crippen molar-refractivity contribution >= 4 is 33.6 Å². The van der Waals surface area contributed by atoms with Gasteiger partial charge in [-0.05, 0) is 36.8 Å². The minimum absolute atomic E-state index is 0.0684. The minimum atomic E-state index is -3.60. The van der Waals surface area contributed by atoms with E-state index in [1.54, 1.807) is 31.5 Å². The highest BCUT2D eigenvalue weighted by molar-refractivity contribution is 7.92. The average Bonchev–Trinajstić information content (AvgIpc) is 3.14. The molecule has 0 bridgehead atoms. The zero-order chi connectivity index (χ0) is 19.7. The van der Waals surface area contributed by atoms with Crippen molar-refractivity contribution in [1.29, 1.82) is 0 Å². The third-order valence-electron chi connectivity index (χ3n) is 4.35. The maximum absolute atomic E-state index is 14.8. The summed E-state index contributed by atoms with van der Waals surface area (Å²) in [6, 6.07) is 9.58. The maximum atomic E-state index is 14.8. The van der Waals surface area contributed by atoms with Crippen LogP contribution in [0.15, 0.2) is 46.4 Å². The van der Waals surface area contributed by atoms with Crippen LogP contribution in [0, 0.1) is 5.82 Å². The molecular formula is C19H19FN4O3S. The van der Waals surface area contributed by atoms with Crippen LogP contribution >= 0.6 is 0 Å². The highest BCUT2D eigenvalue weighted by Gasteiger charge is 2.24. The molecule has 7 nitrogen and oxygen atoms in total. The molecule has 2 aromatic carbocycles. The predicted molar refractivity (Wildman–Crippen MR) is 107 cm³/mol. The van der Waals surface area contributed by atoms with Crippen LogP contribution < -0.4 is 9.46 Å². The highest BCUT2D eigenvalue weighted by atomic mass is 32.2. The number of halogens is 1. The van der Waals surface area contributed by atoms with E-state index in [-0.39, 0.29) is 17.2 Å². The molecule has 0 spiro atoms. The Morgan fingerprint density at radius 1 is 1.29 bits per heavy atom. The molecule has 0 fully saturated rings. The highest BCUT2D eigenvalue weighted by Crippen LogP contribution is 2.34. The van der Waals surface area contributed by atoms with Crippen molar-refractivity contribution in [2.75, 3.05) is 23.6 Å². The maximum Gasteiger partial charge on any atom is 0.232 e. The topological polar surface area (TPSA) is 83.4 Å². The number of nitrogens with one attached hydrogen (secondary N) is 1. The number of fused-ring (bicyclic) bond motifs is 3. The minimum Gasteiger partial charge on any atom is -0.454 e. The Bertz CT molecular complexity index is 1080. The number of benzene rings is 2. The zero-order valence-corrected chi connectivity index (χ0v) is 16.0. The standard InChI is InChI=1S/C19H19FN4O3S/c1-2-10-28(25,26)23-16-4-3-5-17(18(16)20)27-13-6-7-15-14(11-13)19-21-8-9-24(19)12-22-15/h3-7,11-12,23H,2,8-10H2,1H3. The Hall–Kier alpha value is -2.94. The summed E-state index contributed by atoms with van der Waals surface area (Å²) >= 11 is 0. The van der Waals surface area contributed by atoms with Gasteiger partial charge < -0.3 is 9.64 Å². The van der Waals surface area contributed by atoms with Crippen LogP contribution in [0.3, 0.4) is 0 Å². The van der Waals surface area contributed by atoms with E-state index in [1.165, 1.54) is 18.2 Å². The summed E-state index contributed by atoms with van der Waals surface area (Å²) in [6.07, 6.45) is 2.19. The predicted octanol–water partition coefficient (Wildman–Crippen LogP) is 3.51. The van der Waals surface area contributed by atoms with Crippen molar-refractivity contribution in [2.45, 2.75) is 13.3 Å². The second-order valence-electron chi connectivity index (χ2n) is 6.46. The lowest BCUT2D eigenvalue weighted by molar-refractivity contribution is 0.443. The van der Waals surface area contributed by atoms with Crippen LogP contribution in [0.5, 0.6) is 11.5 Å². The smallest absolute Gasteiger partial charge is 0.232 e. The normalized spacial score (nSPS) is 15.1. The van der Waals surface area contributed by atoms with E-state index in [4.69, 9.17) is 4.74 Å². The second-order valence-corrected chi connectivity index (χ2v) is 8.30. The molecule has 0 aliphatic carbocycles. The first kappa shape index (κ1) is 18.4. The molecule has 0 saturated heterocycles. The summed E-state index contributed by atoms with van der Waals surface area (Å²) in [7, 11) is -3.60. The summed E-state index contributed by atoms with van der Waals surface area (Å²) in [5.74, 6) is 0.315. The van der Waals surface area contributed by atoms with Gasteiger partial charge in [0.15, 0.2) is 11.6 Å². The summed E-state index contributed by atoms with van der Waals surface area (Å²) in [4.78, 5) is 10.8. The van der Waals surface area contributed by atoms with Gasteiger partial charge in [0, 0.05) is 12.1 Å². The van der Waals surface area contributed by atoms with Crippen molar-refractivity contribution in [3.8, 4) is 11.5 Å². The molecule has 9 heteroatoms. The van der Waals surface area contributed by atoms with Crippen molar-refractivity contribution in [3.05, 3.63) is 47.8 Å². The van der Waals surface area contributed by atoms with Gasteiger partial charge >= 0.3 is 0 Å². The molecule has 0 amide bonds. The van der Waals surface area contributed by atoms with Gasteiger partial charge in [-0.25, -0.2) is 17.8 Å². The number of aliphatic imine (C=N–C) groups is 2. The van der Waals surface area contributed by atoms with Gasteiger partial charge in [0.25, 0.3) is 0 Å². The number of nitrogens with zero attached hydrogens (tertiary/aromatic N) is 3. The van der Waals surface area contributed by atoms with Crippen LogP contribution in [0.4, 0.5) is 15.8 Å². The summed E-state index contributed by atoms with van der Waals surface area (Å²) < 4.78 is 46.6. The van der Waals surface area contributed by atoms with Crippen LogP contribution in [-0.4, -0.2) is 44.3 Å². The lowest BCUT2D eigenvalue weighted by atomic mass is 10.1. The lowest BCUT2D eigenvalue weighted by Gasteiger charge is -2.21. The molecule has 4 rings (SSSR count). The second kappa shape index (κ2) is 7.23. The summed E-state index contributed by atoms with van der Waals surface area (Å²) in [5, 5.41) is 0. The van der Waals surface area contributed by atoms with E-state index in [2.05, 4.69) is 14.7 Å². The average molecular weight is 402 g/mol. The first-order valence-electron chi connectivity index (χ1n) is 8.93. The molecule has 0 atom stereocenters. The third-order valence-corrected chi connectivity index (χ3v) is 5.83. The lowest BCUT2D eigenvalue weighted by Crippen LogP contribution is -2.29. The number of hydrogen-bond acceptors (Lipinski definition) is 6. The summed E-state index contributed by atoms with van der Waals surface area (Å²) in [5.41, 5.74) is 1.45. The quantitative estimate of drug-likeness (QED) is 0.802. The Balaban J connectivity index is 1.61. The van der Waals surface area contributed by atoms with Crippen LogP contribution in [0.2, 0.25) is 0 Å². The van der Waals surface area contributed by atoms with Crippen molar-refractivity contribution in [2.24, 2.45) is 9.98 Å². The number of anilines is 1. The van der Waals surface area contributed by atoms with E-state index in [0.29, 0.717) is 18.7 Å². The van der Waals surface area contributed by atoms with E-state index >= 15 is 0 Å². The Kier molecular flexibility index (Phi) is 4.76. The number of amidine groups is 1. The van der Waals surface area contributed by atoms with Gasteiger partial charge in [-0.2, -0.15) is 0 Å². The number of rotatable bonds is 6. The fraction of sp³-hybridized carbons (Fsp3) is 0.263. The molecule has 0 aromatic heterocycles. The molecule has 0 unspecified atom stereocenters. The van der Waals surface area contributed by atoms with E-state index in [0.717, 1.165) is 23.6 Å². The Morgan fingerprint density at radius 2 is 2.14 bits per heavy atom. The Morgan fingerprint density at radius 3 is 2.96 bits per heavy atom. The molecule has 0 radical (unpaired) electrons. The number of hydrogen-bond donors (Lipinski definition) is 1. The molecule has 2 aliphatic rings. The van der Waals surface area contributed by atoms with E-state index < -0.39 is 15.8 Å². The van der Waals surface area contributed by atoms with Crippen LogP contribution in [-0.2, 0) is 10.0 Å². The van der Waals surface area contributed by atoms with E-state index in [9.17, 15) is 12.8 Å². The molecule has 2 heterocycles. The SMILES string of the molecule is CCCS(=O)(=O)Nc1cccc(Oc2ccc3c(c2)C2=NCCN2C=N3)c1F. The monoisotopic (exact) mass is 402 g/mol. The van der Waals surface area contributed by atoms with Gasteiger partial charge in [0.1, 0.15) is 11.6 Å². The molecule has 28 heavy (non-hydrogen) atoms. The molecule has 2 aromatic rings. The van der Waals surface area contributed by atoms with Crippen LogP contribution in [0.1, 0.15) is 18.9 Å². The number of sulfonamides is 1. The molecule has 146 valence electrons. The van der Waals surface area contributed by atoms with Crippen molar-refractivity contribution in [1.82, 2.24) is 4.90 Å². The summed E-state index contributed by atoms with van der Waals surface area (Å²) in [6.45, 7) is 3.21. The largest absolute Gasteiger partial charge is 0.454 e. The third kappa shape index (κ3) is 3.57. The van der Waals surface area contributed by atoms with Crippen molar-refractivity contribution < 1.29 is 17.5 Å². The molecule has 0 saturated carbocycles. The Labute approximate surface area is 162 Å². The molecule has 2 aliphatic heterocycles. The van der Waals surface area contributed by atoms with Gasteiger partial charge in [-0.3, -0.25) is 9.71 Å². The van der Waals surface area contributed by atoms with Gasteiger partial charge in [-0.15, -0.1) is 0 Å². The molecular weight excluding hydrogens is 383 g/mol. The first-order valence-corrected chi connectivity index (χ1v) is 10.6. The van der Waals surface area contributed by atoms with Crippen molar-refractivity contribution in [3.63, 3.8) is 0 Å². The van der Waals surface area contributed by atoms with Gasteiger partial charge in [0.2, 0.25) is 10.0 Å². The first-order chi connectivity index (χ1) is 13.5. The molecule has 1 N–H and O–H groups in total. The van der Waals surface area contributed by atoms with Crippen LogP contribution in [0.25, 0.3) is 0 Å². The fourth-order valence-corrected chi connectivity index (χ4v) is 4.23. The number of ether oxygens (including phenoxy) is 1. The van der Waals surface area contributed by atoms with Gasteiger partial charge in [0.05, 0.1) is 30.0 Å². The van der Waals surface area contributed by atoms with Gasteiger partial charge in [-0.1, -0.05) is 13.0 Å². The van der Waals surface area contributed by atoms with E-state index in [1.807, 2.05) is 4.90 Å².